The van der Waals surface area contributed by atoms with Gasteiger partial charge in [0.15, 0.2) is 0 Å². The first-order chi connectivity index (χ1) is 17.7. The number of nitrogens with one attached hydrogen (secondary N) is 1. The van der Waals surface area contributed by atoms with Gasteiger partial charge in [-0.25, -0.2) is 4.31 Å². The van der Waals surface area contributed by atoms with Gasteiger partial charge in [-0.2, -0.15) is 8.42 Å². The van der Waals surface area contributed by atoms with Crippen LogP contribution >= 0.6 is 11.8 Å². The smallest absolute Gasteiger partial charge is 0.506 e. The Morgan fingerprint density at radius 1 is 1.05 bits per heavy atom. The number of carbonyl (C=O) groups excluding carboxylic acids is 1. The highest BCUT2D eigenvalue weighted by Gasteiger charge is 2.31. The third kappa shape index (κ3) is 8.30. The van der Waals surface area contributed by atoms with E-state index >= 15 is 0 Å². The van der Waals surface area contributed by atoms with Crippen LogP contribution in [0.3, 0.4) is 0 Å². The number of thioether (sulfide) groups is 1. The molecule has 0 fully saturated rings. The van der Waals surface area contributed by atoms with Gasteiger partial charge in [0.1, 0.15) is 11.5 Å². The summed E-state index contributed by atoms with van der Waals surface area (Å²) in [6, 6.07) is 15.5. The first-order valence-corrected chi connectivity index (χ1v) is 13.6. The highest BCUT2D eigenvalue weighted by molar-refractivity contribution is 7.99. The van der Waals surface area contributed by atoms with Gasteiger partial charge in [-0.15, -0.1) is 24.9 Å². The molecule has 204 valence electrons. The van der Waals surface area contributed by atoms with Crippen molar-refractivity contribution in [3.8, 4) is 11.5 Å². The number of phenolic OH excluding ortho intramolecular Hbond substituents is 1. The molecule has 0 aliphatic heterocycles. The molecule has 38 heavy (non-hydrogen) atoms. The zero-order valence-electron chi connectivity index (χ0n) is 20.3. The number of alkyl halides is 3. The molecule has 0 saturated carbocycles. The van der Waals surface area contributed by atoms with Crippen LogP contribution in [0.4, 0.5) is 24.5 Å². The molecule has 8 nitrogen and oxygen atoms in total. The molecule has 0 unspecified atom stereocenters. The van der Waals surface area contributed by atoms with E-state index in [1.165, 1.54) is 55.9 Å². The van der Waals surface area contributed by atoms with E-state index < -0.39 is 28.6 Å². The minimum atomic E-state index is -4.73. The average Bonchev–Trinajstić information content (AvgIpc) is 2.80. The fourth-order valence-electron chi connectivity index (χ4n) is 3.50. The Balaban J connectivity index is 1.58. The normalized spacial score (nSPS) is 11.9. The Morgan fingerprint density at radius 3 is 2.24 bits per heavy atom. The third-order valence-corrected chi connectivity index (χ3v) is 7.25. The number of carbonyl (C=O) groups is 1. The summed E-state index contributed by atoms with van der Waals surface area (Å²) in [5.41, 5.74) is 1.21. The first-order valence-electron chi connectivity index (χ1n) is 11.2. The molecule has 0 radical (unpaired) electrons. The van der Waals surface area contributed by atoms with E-state index in [0.29, 0.717) is 22.0 Å². The molecule has 1 amide bonds. The molecule has 3 aromatic carbocycles. The molecule has 3 aromatic rings. The molecule has 0 aliphatic rings. The van der Waals surface area contributed by atoms with E-state index in [4.69, 9.17) is 0 Å². The van der Waals surface area contributed by atoms with Crippen LogP contribution in [-0.2, 0) is 16.7 Å². The van der Waals surface area contributed by atoms with Gasteiger partial charge < -0.3 is 15.2 Å². The summed E-state index contributed by atoms with van der Waals surface area (Å²) < 4.78 is 74.3. The average molecular weight is 571 g/mol. The molecular weight excluding hydrogens is 545 g/mol. The maximum atomic E-state index is 12.7. The van der Waals surface area contributed by atoms with Gasteiger partial charge in [0.25, 0.3) is 5.91 Å². The van der Waals surface area contributed by atoms with Crippen LogP contribution in [0.5, 0.6) is 11.5 Å². The predicted octanol–water partition coefficient (Wildman–Crippen LogP) is 5.90. The van der Waals surface area contributed by atoms with Gasteiger partial charge in [0.05, 0.1) is 5.69 Å². The largest absolute Gasteiger partial charge is 0.573 e. The molecule has 3 N–H and O–H groups in total. The maximum Gasteiger partial charge on any atom is 0.573 e. The Bertz CT molecular complexity index is 1360. The van der Waals surface area contributed by atoms with Gasteiger partial charge in [0, 0.05) is 27.9 Å². The van der Waals surface area contributed by atoms with Crippen molar-refractivity contribution >= 4 is 39.3 Å². The summed E-state index contributed by atoms with van der Waals surface area (Å²) in [5, 5.41) is 12.8. The number of phenols is 1. The molecule has 13 heteroatoms. The molecule has 0 spiro atoms. The van der Waals surface area contributed by atoms with Crippen LogP contribution in [0.1, 0.15) is 29.8 Å². The summed E-state index contributed by atoms with van der Waals surface area (Å²) in [5.74, 6) is -0.480. The summed E-state index contributed by atoms with van der Waals surface area (Å²) in [7, 11) is -4.66. The highest BCUT2D eigenvalue weighted by Crippen LogP contribution is 2.33. The number of benzene rings is 3. The lowest BCUT2D eigenvalue weighted by Gasteiger charge is -2.26. The van der Waals surface area contributed by atoms with Gasteiger partial charge in [-0.1, -0.05) is 12.1 Å². The first kappa shape index (κ1) is 29.1. The zero-order valence-corrected chi connectivity index (χ0v) is 21.9. The van der Waals surface area contributed by atoms with E-state index in [2.05, 4.69) is 10.1 Å². The van der Waals surface area contributed by atoms with E-state index in [-0.39, 0.29) is 22.9 Å². The van der Waals surface area contributed by atoms with Crippen LogP contribution in [0.15, 0.2) is 71.6 Å². The summed E-state index contributed by atoms with van der Waals surface area (Å²) in [6.07, 6.45) is -4.12. The fraction of sp³-hybridized carbons (Fsp3) is 0.240. The molecule has 3 rings (SSSR count). The summed E-state index contributed by atoms with van der Waals surface area (Å²) >= 11 is 1.51. The fourth-order valence-corrected chi connectivity index (χ4v) is 5.33. The number of hydrogen-bond donors (Lipinski definition) is 3. The van der Waals surface area contributed by atoms with Crippen LogP contribution < -0.4 is 14.4 Å². The lowest BCUT2D eigenvalue weighted by Crippen LogP contribution is -2.36. The minimum absolute atomic E-state index is 0.186. The number of halogens is 3. The number of anilines is 2. The zero-order chi connectivity index (χ0) is 28.1. The lowest BCUT2D eigenvalue weighted by atomic mass is 10.2. The number of ether oxygens (including phenoxy) is 1. The molecule has 0 heterocycles. The Kier molecular flexibility index (Phi) is 9.18. The number of hydrogen-bond acceptors (Lipinski definition) is 6. The number of rotatable bonds is 10. The number of nitrogens with zero attached hydrogens (tertiary/aromatic N) is 1. The molecule has 0 bridgehead atoms. The predicted molar refractivity (Wildman–Crippen MR) is 139 cm³/mol. The lowest BCUT2D eigenvalue weighted by molar-refractivity contribution is -0.274. The van der Waals surface area contributed by atoms with Crippen LogP contribution in [-0.4, -0.2) is 42.1 Å². The quantitative estimate of drug-likeness (QED) is 0.158. The standard InChI is InChI=1S/C25H25F3N2O6S2/c1-16(2)30(38(33,34)35)22-15-19(7-12-23(22)31)29-24(32)18-5-10-21(11-6-18)37-14-13-17-3-8-20(9-4-17)36-25(26,27)28/h3-12,15-16,31H,13-14H2,1-2H3,(H,29,32)(H,33,34,35). The maximum absolute atomic E-state index is 12.7. The number of amides is 1. The highest BCUT2D eigenvalue weighted by atomic mass is 32.2. The number of aromatic hydroxyl groups is 1. The van der Waals surface area contributed by atoms with E-state index in [0.717, 1.165) is 10.5 Å². The van der Waals surface area contributed by atoms with Crippen molar-refractivity contribution in [1.82, 2.24) is 0 Å². The monoisotopic (exact) mass is 570 g/mol. The van der Waals surface area contributed by atoms with Crippen LogP contribution in [0, 0.1) is 0 Å². The van der Waals surface area contributed by atoms with Crippen LogP contribution in [0.25, 0.3) is 0 Å². The SMILES string of the molecule is CC(C)N(c1cc(NC(=O)c2ccc(SCCc3ccc(OC(F)(F)F)cc3)cc2)ccc1O)S(=O)(=O)O. The van der Waals surface area contributed by atoms with Crippen molar-refractivity contribution in [2.24, 2.45) is 0 Å². The molecular formula is C25H25F3N2O6S2. The second kappa shape index (κ2) is 12.0. The second-order valence-corrected chi connectivity index (χ2v) is 10.8. The van der Waals surface area contributed by atoms with Gasteiger partial charge in [0.2, 0.25) is 0 Å². The Hall–Kier alpha value is -3.42. The summed E-state index contributed by atoms with van der Waals surface area (Å²) in [4.78, 5) is 13.6. The minimum Gasteiger partial charge on any atom is -0.506 e. The van der Waals surface area contributed by atoms with E-state index in [1.807, 2.05) is 0 Å². The number of aryl methyl sites for hydroxylation is 1. The van der Waals surface area contributed by atoms with Crippen molar-refractivity contribution in [2.45, 2.75) is 37.6 Å². The molecule has 0 saturated heterocycles. The summed E-state index contributed by atoms with van der Waals surface area (Å²) in [6.45, 7) is 3.03. The van der Waals surface area contributed by atoms with Crippen LogP contribution in [0.2, 0.25) is 0 Å². The topological polar surface area (TPSA) is 116 Å². The van der Waals surface area contributed by atoms with Crippen molar-refractivity contribution in [3.63, 3.8) is 0 Å². The van der Waals surface area contributed by atoms with Crippen molar-refractivity contribution < 1.29 is 40.8 Å². The van der Waals surface area contributed by atoms with Gasteiger partial charge in [-0.3, -0.25) is 9.35 Å². The Labute approximate surface area is 222 Å². The van der Waals surface area contributed by atoms with Gasteiger partial charge >= 0.3 is 16.7 Å². The van der Waals surface area contributed by atoms with E-state index in [1.54, 1.807) is 36.4 Å². The molecule has 0 aromatic heterocycles. The van der Waals surface area contributed by atoms with Crippen molar-refractivity contribution in [1.29, 1.82) is 0 Å². The Morgan fingerprint density at radius 2 is 1.68 bits per heavy atom. The molecule has 0 atom stereocenters. The van der Waals surface area contributed by atoms with Gasteiger partial charge in [-0.05, 0) is 80.4 Å². The third-order valence-electron chi connectivity index (χ3n) is 5.12. The van der Waals surface area contributed by atoms with Crippen molar-refractivity contribution in [2.75, 3.05) is 15.4 Å². The van der Waals surface area contributed by atoms with Crippen molar-refractivity contribution in [3.05, 3.63) is 77.9 Å². The second-order valence-electron chi connectivity index (χ2n) is 8.34. The molecule has 0 aliphatic carbocycles. The van der Waals surface area contributed by atoms with E-state index in [9.17, 15) is 36.0 Å².